The molecule has 0 aliphatic heterocycles. The maximum atomic E-state index is 4.28. The lowest BCUT2D eigenvalue weighted by atomic mass is 9.83. The second-order valence-corrected chi connectivity index (χ2v) is 23.7. The zero-order valence-electron chi connectivity index (χ0n) is 50.5. The predicted molar refractivity (Wildman–Crippen MR) is 329 cm³/mol. The van der Waals surface area contributed by atoms with Crippen LogP contribution in [0.3, 0.4) is 0 Å². The summed E-state index contributed by atoms with van der Waals surface area (Å²) in [6.07, 6.45) is 47.8. The number of benzene rings is 2. The molecule has 0 atom stereocenters. The van der Waals surface area contributed by atoms with Crippen molar-refractivity contribution in [3.05, 3.63) is 42.0 Å². The van der Waals surface area contributed by atoms with Crippen LogP contribution in [0.25, 0.3) is 0 Å². The normalized spacial score (nSPS) is 11.9. The van der Waals surface area contributed by atoms with Gasteiger partial charge >= 0.3 is 0 Å². The molecule has 5 heteroatoms. The zero-order chi connectivity index (χ0) is 52.5. The van der Waals surface area contributed by atoms with Gasteiger partial charge in [0, 0.05) is 45.3 Å². The van der Waals surface area contributed by atoms with Crippen molar-refractivity contribution in [2.75, 3.05) is 59.4 Å². The van der Waals surface area contributed by atoms with Gasteiger partial charge in [0.2, 0.25) is 0 Å². The summed E-state index contributed by atoms with van der Waals surface area (Å²) in [7, 11) is 0. The highest BCUT2D eigenvalue weighted by molar-refractivity contribution is 5.97. The zero-order valence-corrected chi connectivity index (χ0v) is 50.5. The molecule has 0 heterocycles. The van der Waals surface area contributed by atoms with Crippen molar-refractivity contribution in [3.63, 3.8) is 0 Å². The van der Waals surface area contributed by atoms with Gasteiger partial charge in [-0.15, -0.1) is 0 Å². The third kappa shape index (κ3) is 27.9. The Morgan fingerprint density at radius 2 is 0.694 bits per heavy atom. The average molecular weight is 1000 g/mol. The second-order valence-electron chi connectivity index (χ2n) is 23.7. The van der Waals surface area contributed by atoms with E-state index in [1.165, 1.54) is 265 Å². The number of rotatable bonds is 49. The molecule has 0 aliphatic carbocycles. The van der Waals surface area contributed by atoms with Gasteiger partial charge in [-0.1, -0.05) is 273 Å². The van der Waals surface area contributed by atoms with E-state index in [1.807, 2.05) is 0 Å². The minimum atomic E-state index is -0.0680. The first-order valence-electron chi connectivity index (χ1n) is 32.2. The van der Waals surface area contributed by atoms with Crippen LogP contribution in [-0.2, 0) is 5.41 Å². The molecule has 0 amide bonds. The van der Waals surface area contributed by atoms with Gasteiger partial charge in [0.1, 0.15) is 0 Å². The summed E-state index contributed by atoms with van der Waals surface area (Å²) >= 11 is 0. The van der Waals surface area contributed by atoms with Gasteiger partial charge < -0.3 is 15.1 Å². The number of hydrazine groups is 1. The van der Waals surface area contributed by atoms with Crippen LogP contribution in [0.4, 0.5) is 28.4 Å². The van der Waals surface area contributed by atoms with Crippen LogP contribution in [0.5, 0.6) is 0 Å². The lowest BCUT2D eigenvalue weighted by molar-refractivity contribution is 0.263. The molecule has 418 valence electrons. The molecule has 0 saturated carbocycles. The molecule has 0 aromatic heterocycles. The Morgan fingerprint density at radius 3 is 1.03 bits per heavy atom. The molecular formula is C67H125N5. The molecule has 0 spiro atoms. The lowest BCUT2D eigenvalue weighted by Crippen LogP contribution is -2.43. The smallest absolute Gasteiger partial charge is 0.0882 e. The van der Waals surface area contributed by atoms with Crippen molar-refractivity contribution < 1.29 is 0 Å². The molecule has 2 aromatic carbocycles. The third-order valence-electron chi connectivity index (χ3n) is 15.3. The summed E-state index contributed by atoms with van der Waals surface area (Å²) in [5, 5.41) is 9.96. The number of hydrogen-bond donors (Lipinski definition) is 1. The van der Waals surface area contributed by atoms with Crippen LogP contribution in [0.2, 0.25) is 0 Å². The van der Waals surface area contributed by atoms with E-state index >= 15 is 0 Å². The minimum absolute atomic E-state index is 0.0680. The molecule has 2 rings (SSSR count). The quantitative estimate of drug-likeness (QED) is 0.0526. The monoisotopic (exact) mass is 1000 g/mol. The maximum Gasteiger partial charge on any atom is 0.0882 e. The van der Waals surface area contributed by atoms with Crippen LogP contribution in [-0.4, -0.2) is 50.3 Å². The highest BCUT2D eigenvalue weighted by atomic mass is 15.6. The number of hydrogen-bond acceptors (Lipinski definition) is 5. The Labute approximate surface area is 451 Å². The Bertz CT molecular complexity index is 1470. The molecule has 2 aromatic rings. The fraction of sp³-hybridized carbons (Fsp3) is 0.821. The summed E-state index contributed by atoms with van der Waals surface area (Å²) in [5.41, 5.74) is 8.58. The van der Waals surface area contributed by atoms with Crippen LogP contribution < -0.4 is 20.1 Å². The SMILES string of the molecule is CCCCCCCCCCN(CCCCCCCCCC)N(c1ccccc1)c1cc(C(C)(C)C)c(NC(C)C)c(N(CCCCCC)CCCCCC)c1N(CCCCCCCC)CCCCCCCC. The van der Waals surface area contributed by atoms with E-state index in [9.17, 15) is 0 Å². The van der Waals surface area contributed by atoms with Gasteiger partial charge in [0.05, 0.1) is 28.4 Å². The molecule has 0 aliphatic rings. The van der Waals surface area contributed by atoms with Crippen molar-refractivity contribution in [3.8, 4) is 0 Å². The molecule has 0 unspecified atom stereocenters. The highest BCUT2D eigenvalue weighted by Gasteiger charge is 2.34. The van der Waals surface area contributed by atoms with E-state index in [0.717, 1.165) is 39.3 Å². The van der Waals surface area contributed by atoms with E-state index in [2.05, 4.69) is 138 Å². The summed E-state index contributed by atoms with van der Waals surface area (Å²) in [6, 6.07) is 14.8. The third-order valence-corrected chi connectivity index (χ3v) is 15.3. The minimum Gasteiger partial charge on any atom is -0.381 e. The van der Waals surface area contributed by atoms with E-state index in [1.54, 1.807) is 0 Å². The predicted octanol–water partition coefficient (Wildman–Crippen LogP) is 21.9. The Hall–Kier alpha value is -2.40. The molecule has 0 fully saturated rings. The lowest BCUT2D eigenvalue weighted by Gasteiger charge is -2.44. The average Bonchev–Trinajstić information content (AvgIpc) is 3.36. The number of nitrogens with one attached hydrogen (secondary N) is 1. The highest BCUT2D eigenvalue weighted by Crippen LogP contribution is 2.52. The summed E-state index contributed by atoms with van der Waals surface area (Å²) in [4.78, 5) is 5.93. The maximum absolute atomic E-state index is 4.28. The Kier molecular flexibility index (Phi) is 39.0. The fourth-order valence-electron chi connectivity index (χ4n) is 10.9. The van der Waals surface area contributed by atoms with Crippen molar-refractivity contribution in [2.45, 2.75) is 319 Å². The molecule has 5 nitrogen and oxygen atoms in total. The number of para-hydroxylation sites is 1. The molecule has 0 bridgehead atoms. The van der Waals surface area contributed by atoms with E-state index in [-0.39, 0.29) is 5.41 Å². The summed E-state index contributed by atoms with van der Waals surface area (Å²) < 4.78 is 0. The second kappa shape index (κ2) is 42.8. The standard InChI is InChI=1S/C67H125N5/c1-12-18-24-30-34-36-40-49-57-71(58-50-41-37-35-31-25-19-13-2)72(61-51-43-42-44-52-61)63-59-62(67(9,10)11)64(68-60(7)8)66(70(55-45-28-22-16-5)56-46-29-23-17-6)65(63)69(53-47-38-32-26-20-14-3)54-48-39-33-27-21-15-4/h42-44,51-52,59-60,68H,12-41,45-50,53-58H2,1-11H3. The first kappa shape index (κ1) is 65.7. The van der Waals surface area contributed by atoms with Crippen LogP contribution >= 0.6 is 0 Å². The van der Waals surface area contributed by atoms with Gasteiger partial charge in [0.15, 0.2) is 0 Å². The molecule has 0 saturated heterocycles. The van der Waals surface area contributed by atoms with Gasteiger partial charge in [-0.2, -0.15) is 0 Å². The first-order valence-corrected chi connectivity index (χ1v) is 32.2. The summed E-state index contributed by atoms with van der Waals surface area (Å²) in [5.74, 6) is 0. The van der Waals surface area contributed by atoms with E-state index in [0.29, 0.717) is 6.04 Å². The van der Waals surface area contributed by atoms with Crippen molar-refractivity contribution in [1.82, 2.24) is 5.01 Å². The van der Waals surface area contributed by atoms with E-state index in [4.69, 9.17) is 0 Å². The van der Waals surface area contributed by atoms with Gasteiger partial charge in [-0.3, -0.25) is 5.01 Å². The molecule has 72 heavy (non-hydrogen) atoms. The van der Waals surface area contributed by atoms with E-state index < -0.39 is 0 Å². The van der Waals surface area contributed by atoms with Gasteiger partial charge in [-0.05, 0) is 81.5 Å². The van der Waals surface area contributed by atoms with Gasteiger partial charge in [0.25, 0.3) is 0 Å². The van der Waals surface area contributed by atoms with Crippen molar-refractivity contribution >= 4 is 28.4 Å². The molecule has 1 N–H and O–H groups in total. The van der Waals surface area contributed by atoms with Crippen LogP contribution in [0.15, 0.2) is 36.4 Å². The topological polar surface area (TPSA) is 25.0 Å². The van der Waals surface area contributed by atoms with Gasteiger partial charge in [-0.25, -0.2) is 5.01 Å². The summed E-state index contributed by atoms with van der Waals surface area (Å²) in [6.45, 7) is 33.0. The number of anilines is 5. The van der Waals surface area contributed by atoms with Crippen LogP contribution in [0.1, 0.15) is 313 Å². The van der Waals surface area contributed by atoms with Crippen molar-refractivity contribution in [2.24, 2.45) is 0 Å². The Balaban J connectivity index is 3.15. The number of nitrogens with zero attached hydrogens (tertiary/aromatic N) is 4. The van der Waals surface area contributed by atoms with Crippen molar-refractivity contribution in [1.29, 1.82) is 0 Å². The molecule has 0 radical (unpaired) electrons. The fourth-order valence-corrected chi connectivity index (χ4v) is 10.9. The largest absolute Gasteiger partial charge is 0.381 e. The molecular weight excluding hydrogens is 875 g/mol. The Morgan fingerprint density at radius 1 is 0.389 bits per heavy atom. The van der Waals surface area contributed by atoms with Crippen LogP contribution in [0, 0.1) is 0 Å². The number of unbranched alkanes of at least 4 members (excludes halogenated alkanes) is 30. The first-order chi connectivity index (χ1) is 35.1.